The van der Waals surface area contributed by atoms with E-state index in [9.17, 15) is 9.59 Å². The smallest absolute Gasteiger partial charge is 0.255 e. The molecule has 30 heavy (non-hydrogen) atoms. The van der Waals surface area contributed by atoms with Gasteiger partial charge in [-0.2, -0.15) is 0 Å². The Bertz CT molecular complexity index is 1100. The average molecular weight is 408 g/mol. The van der Waals surface area contributed by atoms with Gasteiger partial charge in [0.2, 0.25) is 5.91 Å². The van der Waals surface area contributed by atoms with Crippen LogP contribution in [0.3, 0.4) is 0 Å². The van der Waals surface area contributed by atoms with Gasteiger partial charge < -0.3 is 19.5 Å². The Morgan fingerprint density at radius 3 is 2.60 bits per heavy atom. The fraction of sp³-hybridized carbons (Fsp3) is 0.364. The van der Waals surface area contributed by atoms with Gasteiger partial charge in [0.05, 0.1) is 23.9 Å². The molecule has 2 amide bonds. The number of pyridine rings is 1. The lowest BCUT2D eigenvalue weighted by Crippen LogP contribution is -2.41. The first-order valence-corrected chi connectivity index (χ1v) is 9.93. The Kier molecular flexibility index (Phi) is 5.39. The van der Waals surface area contributed by atoms with E-state index in [2.05, 4.69) is 15.5 Å². The van der Waals surface area contributed by atoms with Crippen LogP contribution in [0.5, 0.6) is 5.75 Å². The van der Waals surface area contributed by atoms with E-state index in [1.54, 1.807) is 25.0 Å². The summed E-state index contributed by atoms with van der Waals surface area (Å²) in [5, 5.41) is 7.46. The summed E-state index contributed by atoms with van der Waals surface area (Å²) in [6, 6.07) is 9.18. The molecule has 1 fully saturated rings. The predicted octanol–water partition coefficient (Wildman–Crippen LogP) is 3.34. The number of carbonyl (C=O) groups excluding carboxylic acids is 2. The molecule has 0 spiro atoms. The molecule has 0 aliphatic carbocycles. The molecule has 1 saturated heterocycles. The number of piperidine rings is 1. The summed E-state index contributed by atoms with van der Waals surface area (Å²) in [5.74, 6) is 1.49. The number of nitrogens with one attached hydrogen (secondary N) is 1. The van der Waals surface area contributed by atoms with E-state index in [-0.39, 0.29) is 17.7 Å². The standard InChI is InChI=1S/C22H24N4O4/c1-13-10-20(25-30-13)24-21(27)15-6-8-26(9-7-15)22(28)18-11-16-4-5-17(29-3)12-19(16)23-14(18)2/h4-5,10-12,15H,6-9H2,1-3H3,(H,24,25,27). The lowest BCUT2D eigenvalue weighted by molar-refractivity contribution is -0.121. The first kappa shape index (κ1) is 19.9. The van der Waals surface area contributed by atoms with Gasteiger partial charge in [0, 0.05) is 36.5 Å². The minimum Gasteiger partial charge on any atom is -0.497 e. The van der Waals surface area contributed by atoms with Crippen molar-refractivity contribution in [2.24, 2.45) is 5.92 Å². The number of aromatic nitrogens is 2. The van der Waals surface area contributed by atoms with E-state index in [4.69, 9.17) is 9.26 Å². The molecule has 3 aromatic rings. The summed E-state index contributed by atoms with van der Waals surface area (Å²) in [6.45, 7) is 4.66. The minimum absolute atomic E-state index is 0.0521. The molecule has 156 valence electrons. The third-order valence-corrected chi connectivity index (χ3v) is 5.48. The number of carbonyl (C=O) groups is 2. The summed E-state index contributed by atoms with van der Waals surface area (Å²) >= 11 is 0. The Labute approximate surface area is 174 Å². The topological polar surface area (TPSA) is 97.6 Å². The number of hydrogen-bond donors (Lipinski definition) is 1. The number of aryl methyl sites for hydroxylation is 2. The molecule has 0 saturated carbocycles. The van der Waals surface area contributed by atoms with Gasteiger partial charge in [0.25, 0.3) is 5.91 Å². The molecule has 1 aliphatic rings. The molecule has 8 heteroatoms. The Hall–Kier alpha value is -3.42. The second kappa shape index (κ2) is 8.14. The average Bonchev–Trinajstić information content (AvgIpc) is 3.16. The molecule has 8 nitrogen and oxygen atoms in total. The Balaban J connectivity index is 1.42. The maximum Gasteiger partial charge on any atom is 0.255 e. The zero-order valence-corrected chi connectivity index (χ0v) is 17.3. The number of ether oxygens (including phenoxy) is 1. The molecular formula is C22H24N4O4. The lowest BCUT2D eigenvalue weighted by atomic mass is 9.95. The molecule has 1 aromatic carbocycles. The number of hydrogen-bond acceptors (Lipinski definition) is 6. The highest BCUT2D eigenvalue weighted by Crippen LogP contribution is 2.25. The summed E-state index contributed by atoms with van der Waals surface area (Å²) in [4.78, 5) is 31.9. The maximum absolute atomic E-state index is 13.1. The second-order valence-corrected chi connectivity index (χ2v) is 7.56. The first-order valence-electron chi connectivity index (χ1n) is 9.93. The second-order valence-electron chi connectivity index (χ2n) is 7.56. The van der Waals surface area contributed by atoms with E-state index in [0.717, 1.165) is 16.7 Å². The van der Waals surface area contributed by atoms with Gasteiger partial charge in [-0.1, -0.05) is 5.16 Å². The zero-order valence-electron chi connectivity index (χ0n) is 17.3. The van der Waals surface area contributed by atoms with Crippen LogP contribution in [0.1, 0.15) is 34.7 Å². The quantitative estimate of drug-likeness (QED) is 0.711. The van der Waals surface area contributed by atoms with Gasteiger partial charge in [-0.3, -0.25) is 14.6 Å². The third-order valence-electron chi connectivity index (χ3n) is 5.48. The van der Waals surface area contributed by atoms with E-state index in [1.165, 1.54) is 0 Å². The molecule has 2 aromatic heterocycles. The number of fused-ring (bicyclic) bond motifs is 1. The van der Waals surface area contributed by atoms with E-state index >= 15 is 0 Å². The number of benzene rings is 1. The number of amides is 2. The van der Waals surface area contributed by atoms with Gasteiger partial charge in [-0.05, 0) is 44.9 Å². The monoisotopic (exact) mass is 408 g/mol. The molecule has 0 bridgehead atoms. The van der Waals surface area contributed by atoms with Crippen molar-refractivity contribution < 1.29 is 18.8 Å². The number of anilines is 1. The molecule has 3 heterocycles. The van der Waals surface area contributed by atoms with Gasteiger partial charge in [0.15, 0.2) is 5.82 Å². The van der Waals surface area contributed by atoms with E-state index in [0.29, 0.717) is 48.8 Å². The molecular weight excluding hydrogens is 384 g/mol. The molecule has 1 N–H and O–H groups in total. The van der Waals surface area contributed by atoms with Crippen LogP contribution in [0.15, 0.2) is 34.9 Å². The van der Waals surface area contributed by atoms with Crippen LogP contribution in [0, 0.1) is 19.8 Å². The van der Waals surface area contributed by atoms with Crippen LogP contribution in [-0.2, 0) is 4.79 Å². The lowest BCUT2D eigenvalue weighted by Gasteiger charge is -2.31. The van der Waals surface area contributed by atoms with Crippen LogP contribution >= 0.6 is 0 Å². The van der Waals surface area contributed by atoms with Crippen molar-refractivity contribution in [1.29, 1.82) is 0 Å². The molecule has 0 radical (unpaired) electrons. The number of nitrogens with zero attached hydrogens (tertiary/aromatic N) is 3. The summed E-state index contributed by atoms with van der Waals surface area (Å²) in [6.07, 6.45) is 1.21. The van der Waals surface area contributed by atoms with Gasteiger partial charge in [-0.15, -0.1) is 0 Å². The SMILES string of the molecule is COc1ccc2cc(C(=O)N3CCC(C(=O)Nc4cc(C)on4)CC3)c(C)nc2c1. The Morgan fingerprint density at radius 2 is 1.93 bits per heavy atom. The van der Waals surface area contributed by atoms with Crippen LogP contribution in [-0.4, -0.2) is 47.1 Å². The summed E-state index contributed by atoms with van der Waals surface area (Å²) in [5.41, 5.74) is 2.07. The zero-order chi connectivity index (χ0) is 21.3. The minimum atomic E-state index is -0.158. The Morgan fingerprint density at radius 1 is 1.17 bits per heavy atom. The molecule has 1 aliphatic heterocycles. The fourth-order valence-electron chi connectivity index (χ4n) is 3.76. The molecule has 0 atom stereocenters. The number of methoxy groups -OCH3 is 1. The van der Waals surface area contributed by atoms with Crippen molar-refractivity contribution >= 4 is 28.5 Å². The highest BCUT2D eigenvalue weighted by molar-refractivity contribution is 5.99. The van der Waals surface area contributed by atoms with Gasteiger partial charge >= 0.3 is 0 Å². The van der Waals surface area contributed by atoms with Crippen molar-refractivity contribution in [2.75, 3.05) is 25.5 Å². The maximum atomic E-state index is 13.1. The molecule has 0 unspecified atom stereocenters. The van der Waals surface area contributed by atoms with Crippen molar-refractivity contribution in [3.05, 3.63) is 47.3 Å². The number of rotatable bonds is 4. The highest BCUT2D eigenvalue weighted by atomic mass is 16.5. The van der Waals surface area contributed by atoms with Crippen molar-refractivity contribution in [3.63, 3.8) is 0 Å². The van der Waals surface area contributed by atoms with E-state index in [1.807, 2.05) is 31.2 Å². The van der Waals surface area contributed by atoms with Crippen molar-refractivity contribution in [2.45, 2.75) is 26.7 Å². The van der Waals surface area contributed by atoms with Gasteiger partial charge in [0.1, 0.15) is 11.5 Å². The fourth-order valence-corrected chi connectivity index (χ4v) is 3.76. The normalized spacial score (nSPS) is 14.7. The summed E-state index contributed by atoms with van der Waals surface area (Å²) in [7, 11) is 1.61. The first-order chi connectivity index (χ1) is 14.4. The van der Waals surface area contributed by atoms with Gasteiger partial charge in [-0.25, -0.2) is 0 Å². The van der Waals surface area contributed by atoms with Crippen molar-refractivity contribution in [3.8, 4) is 5.75 Å². The van der Waals surface area contributed by atoms with Crippen molar-refractivity contribution in [1.82, 2.24) is 15.0 Å². The molecule has 4 rings (SSSR count). The third kappa shape index (κ3) is 3.98. The number of likely N-dealkylation sites (tertiary alicyclic amines) is 1. The van der Waals surface area contributed by atoms with Crippen LogP contribution in [0.2, 0.25) is 0 Å². The van der Waals surface area contributed by atoms with Crippen LogP contribution < -0.4 is 10.1 Å². The largest absolute Gasteiger partial charge is 0.497 e. The summed E-state index contributed by atoms with van der Waals surface area (Å²) < 4.78 is 10.2. The van der Waals surface area contributed by atoms with Crippen LogP contribution in [0.25, 0.3) is 10.9 Å². The predicted molar refractivity (Wildman–Crippen MR) is 112 cm³/mol. The van der Waals surface area contributed by atoms with Crippen LogP contribution in [0.4, 0.5) is 5.82 Å². The van der Waals surface area contributed by atoms with E-state index < -0.39 is 0 Å². The highest BCUT2D eigenvalue weighted by Gasteiger charge is 2.29.